The van der Waals surface area contributed by atoms with E-state index in [0.717, 1.165) is 12.8 Å². The van der Waals surface area contributed by atoms with Crippen LogP contribution in [0.3, 0.4) is 0 Å². The summed E-state index contributed by atoms with van der Waals surface area (Å²) >= 11 is 0. The Kier molecular flexibility index (Phi) is 6.24. The van der Waals surface area contributed by atoms with Crippen LogP contribution in [0.5, 0.6) is 0 Å². The normalized spacial score (nSPS) is 14.6. The molecule has 0 aliphatic rings. The van der Waals surface area contributed by atoms with Crippen LogP contribution in [0.4, 0.5) is 0 Å². The quantitative estimate of drug-likeness (QED) is 0.607. The van der Waals surface area contributed by atoms with Gasteiger partial charge in [-0.05, 0) is 18.8 Å². The molecular formula is C10H21N. The van der Waals surface area contributed by atoms with Crippen LogP contribution in [0.25, 0.3) is 0 Å². The molecule has 1 atom stereocenters. The minimum absolute atomic E-state index is 0.265. The van der Waals surface area contributed by atoms with E-state index in [-0.39, 0.29) is 6.04 Å². The predicted molar refractivity (Wildman–Crippen MR) is 51.5 cm³/mol. The van der Waals surface area contributed by atoms with Crippen molar-refractivity contribution in [1.29, 1.82) is 0 Å². The highest BCUT2D eigenvalue weighted by atomic mass is 14.6. The fourth-order valence-electron chi connectivity index (χ4n) is 1.06. The summed E-state index contributed by atoms with van der Waals surface area (Å²) in [4.78, 5) is 0. The SMILES string of the molecule is CCCC=C[C@@H](N)CC(C)C. The van der Waals surface area contributed by atoms with Gasteiger partial charge in [0.15, 0.2) is 0 Å². The molecule has 0 unspecified atom stereocenters. The Morgan fingerprint density at radius 1 is 1.36 bits per heavy atom. The first-order chi connectivity index (χ1) is 5.16. The van der Waals surface area contributed by atoms with Gasteiger partial charge in [-0.2, -0.15) is 0 Å². The molecule has 0 saturated heterocycles. The van der Waals surface area contributed by atoms with Gasteiger partial charge in [-0.15, -0.1) is 0 Å². The van der Waals surface area contributed by atoms with Gasteiger partial charge < -0.3 is 5.73 Å². The van der Waals surface area contributed by atoms with Crippen molar-refractivity contribution >= 4 is 0 Å². The summed E-state index contributed by atoms with van der Waals surface area (Å²) < 4.78 is 0. The van der Waals surface area contributed by atoms with E-state index < -0.39 is 0 Å². The summed E-state index contributed by atoms with van der Waals surface area (Å²) in [6, 6.07) is 0.265. The monoisotopic (exact) mass is 155 g/mol. The number of nitrogens with two attached hydrogens (primary N) is 1. The summed E-state index contributed by atoms with van der Waals surface area (Å²) in [6.45, 7) is 6.58. The average molecular weight is 155 g/mol. The van der Waals surface area contributed by atoms with E-state index in [9.17, 15) is 0 Å². The molecule has 0 aliphatic heterocycles. The summed E-state index contributed by atoms with van der Waals surface area (Å²) in [6.07, 6.45) is 7.79. The van der Waals surface area contributed by atoms with Crippen LogP contribution in [0.1, 0.15) is 40.0 Å². The Labute approximate surface area is 70.7 Å². The van der Waals surface area contributed by atoms with Crippen LogP contribution in [0, 0.1) is 5.92 Å². The van der Waals surface area contributed by atoms with Crippen molar-refractivity contribution in [2.75, 3.05) is 0 Å². The van der Waals surface area contributed by atoms with Gasteiger partial charge in [0.1, 0.15) is 0 Å². The standard InChI is InChI=1S/C10H21N/c1-4-5-6-7-10(11)8-9(2)3/h6-7,9-10H,4-5,8,11H2,1-3H3/t10-/m1/s1. The van der Waals surface area contributed by atoms with Crippen LogP contribution < -0.4 is 5.73 Å². The molecule has 0 heterocycles. The van der Waals surface area contributed by atoms with Crippen molar-refractivity contribution < 1.29 is 0 Å². The Morgan fingerprint density at radius 3 is 2.45 bits per heavy atom. The fraction of sp³-hybridized carbons (Fsp3) is 0.800. The molecule has 0 amide bonds. The van der Waals surface area contributed by atoms with E-state index in [2.05, 4.69) is 32.9 Å². The average Bonchev–Trinajstić information content (AvgIpc) is 1.86. The van der Waals surface area contributed by atoms with Gasteiger partial charge in [0.2, 0.25) is 0 Å². The number of allylic oxidation sites excluding steroid dienone is 1. The second-order valence-electron chi connectivity index (χ2n) is 3.51. The van der Waals surface area contributed by atoms with Crippen molar-refractivity contribution in [2.45, 2.75) is 46.1 Å². The molecule has 1 nitrogen and oxygen atoms in total. The Hall–Kier alpha value is -0.300. The van der Waals surface area contributed by atoms with E-state index in [0.29, 0.717) is 5.92 Å². The highest BCUT2D eigenvalue weighted by Gasteiger charge is 1.99. The molecule has 0 aromatic rings. The van der Waals surface area contributed by atoms with Crippen LogP contribution in [0.15, 0.2) is 12.2 Å². The third-order valence-corrected chi connectivity index (χ3v) is 1.58. The zero-order valence-electron chi connectivity index (χ0n) is 8.01. The number of rotatable bonds is 5. The Balaban J connectivity index is 3.42. The van der Waals surface area contributed by atoms with E-state index in [1.807, 2.05) is 0 Å². The molecule has 0 rings (SSSR count). The molecule has 0 fully saturated rings. The van der Waals surface area contributed by atoms with Gasteiger partial charge in [-0.3, -0.25) is 0 Å². The van der Waals surface area contributed by atoms with E-state index >= 15 is 0 Å². The summed E-state index contributed by atoms with van der Waals surface area (Å²) in [5.41, 5.74) is 5.83. The van der Waals surface area contributed by atoms with Gasteiger partial charge in [-0.25, -0.2) is 0 Å². The maximum Gasteiger partial charge on any atom is 0.0226 e. The number of unbranched alkanes of at least 4 members (excludes halogenated alkanes) is 1. The topological polar surface area (TPSA) is 26.0 Å². The predicted octanol–water partition coefficient (Wildman–Crippen LogP) is 2.72. The summed E-state index contributed by atoms with van der Waals surface area (Å²) in [7, 11) is 0. The van der Waals surface area contributed by atoms with E-state index in [1.165, 1.54) is 6.42 Å². The maximum atomic E-state index is 5.83. The largest absolute Gasteiger partial charge is 0.324 e. The van der Waals surface area contributed by atoms with Crippen LogP contribution in [-0.4, -0.2) is 6.04 Å². The summed E-state index contributed by atoms with van der Waals surface area (Å²) in [5, 5.41) is 0. The maximum absolute atomic E-state index is 5.83. The lowest BCUT2D eigenvalue weighted by Crippen LogP contribution is -2.18. The molecule has 0 aromatic heterocycles. The molecule has 0 aromatic carbocycles. The van der Waals surface area contributed by atoms with Crippen molar-refractivity contribution in [1.82, 2.24) is 0 Å². The molecule has 11 heavy (non-hydrogen) atoms. The van der Waals surface area contributed by atoms with Gasteiger partial charge in [0, 0.05) is 6.04 Å². The van der Waals surface area contributed by atoms with Crippen molar-refractivity contribution in [3.63, 3.8) is 0 Å². The van der Waals surface area contributed by atoms with Crippen LogP contribution in [-0.2, 0) is 0 Å². The Morgan fingerprint density at radius 2 is 2.00 bits per heavy atom. The molecule has 0 radical (unpaired) electrons. The third-order valence-electron chi connectivity index (χ3n) is 1.58. The summed E-state index contributed by atoms with van der Waals surface area (Å²) in [5.74, 6) is 0.705. The third kappa shape index (κ3) is 7.60. The first kappa shape index (κ1) is 10.7. The smallest absolute Gasteiger partial charge is 0.0226 e. The van der Waals surface area contributed by atoms with Crippen LogP contribution in [0.2, 0.25) is 0 Å². The molecule has 0 saturated carbocycles. The van der Waals surface area contributed by atoms with Gasteiger partial charge in [-0.1, -0.05) is 39.3 Å². The van der Waals surface area contributed by atoms with Gasteiger partial charge >= 0.3 is 0 Å². The first-order valence-corrected chi connectivity index (χ1v) is 4.59. The first-order valence-electron chi connectivity index (χ1n) is 4.59. The highest BCUT2D eigenvalue weighted by Crippen LogP contribution is 2.03. The van der Waals surface area contributed by atoms with Crippen molar-refractivity contribution in [2.24, 2.45) is 11.7 Å². The lowest BCUT2D eigenvalue weighted by atomic mass is 10.0. The lowest BCUT2D eigenvalue weighted by Gasteiger charge is -2.08. The van der Waals surface area contributed by atoms with Gasteiger partial charge in [0.05, 0.1) is 0 Å². The molecule has 0 spiro atoms. The Bertz CT molecular complexity index is 105. The zero-order chi connectivity index (χ0) is 8.69. The highest BCUT2D eigenvalue weighted by molar-refractivity contribution is 4.91. The van der Waals surface area contributed by atoms with E-state index in [4.69, 9.17) is 5.73 Å². The molecular weight excluding hydrogens is 134 g/mol. The van der Waals surface area contributed by atoms with E-state index in [1.54, 1.807) is 0 Å². The molecule has 1 heteroatoms. The minimum atomic E-state index is 0.265. The number of hydrogen-bond acceptors (Lipinski definition) is 1. The van der Waals surface area contributed by atoms with Crippen molar-refractivity contribution in [3.8, 4) is 0 Å². The molecule has 0 bridgehead atoms. The van der Waals surface area contributed by atoms with Gasteiger partial charge in [0.25, 0.3) is 0 Å². The molecule has 2 N–H and O–H groups in total. The lowest BCUT2D eigenvalue weighted by molar-refractivity contribution is 0.545. The second-order valence-corrected chi connectivity index (χ2v) is 3.51. The fourth-order valence-corrected chi connectivity index (χ4v) is 1.06. The molecule has 0 aliphatic carbocycles. The molecule has 66 valence electrons. The minimum Gasteiger partial charge on any atom is -0.324 e. The van der Waals surface area contributed by atoms with Crippen molar-refractivity contribution in [3.05, 3.63) is 12.2 Å². The number of hydrogen-bond donors (Lipinski definition) is 1. The second kappa shape index (κ2) is 6.41. The zero-order valence-corrected chi connectivity index (χ0v) is 8.01. The van der Waals surface area contributed by atoms with Crippen LogP contribution >= 0.6 is 0 Å².